The zero-order valence-electron chi connectivity index (χ0n) is 13.8. The minimum absolute atomic E-state index is 0.0556. The number of primary amides is 1. The summed E-state index contributed by atoms with van der Waals surface area (Å²) in [7, 11) is -3.73. The number of amides is 1. The zero-order chi connectivity index (χ0) is 17.8. The van der Waals surface area contributed by atoms with Crippen LogP contribution in [0.2, 0.25) is 0 Å². The number of anilines is 1. The smallest absolute Gasteiger partial charge is 0.248 e. The number of nitrogens with one attached hydrogen (secondary N) is 1. The number of benzene rings is 1. The maximum Gasteiger partial charge on any atom is 0.248 e. The maximum absolute atomic E-state index is 12.7. The van der Waals surface area contributed by atoms with E-state index in [0.717, 1.165) is 6.42 Å². The van der Waals surface area contributed by atoms with Crippen molar-refractivity contribution in [3.05, 3.63) is 29.8 Å². The number of fused-ring (bicyclic) bond motifs is 2. The van der Waals surface area contributed by atoms with Gasteiger partial charge < -0.3 is 5.73 Å². The Morgan fingerprint density at radius 1 is 1.38 bits per heavy atom. The van der Waals surface area contributed by atoms with Gasteiger partial charge in [-0.05, 0) is 42.4 Å². The van der Waals surface area contributed by atoms with Gasteiger partial charge in [-0.25, -0.2) is 8.42 Å². The Morgan fingerprint density at radius 2 is 2.08 bits per heavy atom. The first-order valence-corrected chi connectivity index (χ1v) is 9.66. The first-order chi connectivity index (χ1) is 11.1. The fraction of sp³-hybridized carbons (Fsp3) is 0.529. The highest BCUT2D eigenvalue weighted by atomic mass is 32.2. The second kappa shape index (κ2) is 5.31. The normalized spacial score (nSPS) is 28.1. The van der Waals surface area contributed by atoms with Crippen LogP contribution in [0.25, 0.3) is 0 Å². The van der Waals surface area contributed by atoms with Gasteiger partial charge in [0.1, 0.15) is 5.78 Å². The van der Waals surface area contributed by atoms with Crippen molar-refractivity contribution < 1.29 is 18.0 Å². The largest absolute Gasteiger partial charge is 0.366 e. The molecule has 3 N–H and O–H groups in total. The molecular formula is C17H22N2O4S. The maximum atomic E-state index is 12.7. The van der Waals surface area contributed by atoms with Crippen molar-refractivity contribution >= 4 is 27.4 Å². The van der Waals surface area contributed by atoms with Crippen molar-refractivity contribution in [3.8, 4) is 0 Å². The standard InChI is InChI=1S/C17H22N2O4S/c1-16(2)12-6-7-17(16,14(20)9-12)10-24(22,23)19-13-5-3-4-11(8-13)15(18)21/h3-5,8,12,19H,6-7,9-10H2,1-2H3,(H2,18,21). The fourth-order valence-electron chi connectivity index (χ4n) is 4.38. The molecule has 0 aliphatic heterocycles. The highest BCUT2D eigenvalue weighted by Gasteiger charge is 2.65. The third-order valence-electron chi connectivity index (χ3n) is 6.00. The second-order valence-electron chi connectivity index (χ2n) is 7.47. The molecule has 1 amide bonds. The number of nitrogens with two attached hydrogens (primary N) is 1. The average molecular weight is 350 g/mol. The molecule has 0 aromatic heterocycles. The van der Waals surface area contributed by atoms with Gasteiger partial charge in [-0.3, -0.25) is 14.3 Å². The number of ketones is 1. The van der Waals surface area contributed by atoms with Gasteiger partial charge in [-0.2, -0.15) is 0 Å². The molecule has 1 aromatic carbocycles. The molecule has 2 bridgehead atoms. The van der Waals surface area contributed by atoms with Gasteiger partial charge in [0.25, 0.3) is 0 Å². The van der Waals surface area contributed by atoms with Crippen molar-refractivity contribution in [2.24, 2.45) is 22.5 Å². The Balaban J connectivity index is 1.86. The molecule has 24 heavy (non-hydrogen) atoms. The lowest BCUT2D eigenvalue weighted by atomic mass is 9.70. The predicted octanol–water partition coefficient (Wildman–Crippen LogP) is 1.92. The van der Waals surface area contributed by atoms with E-state index in [-0.39, 0.29) is 34.1 Å². The molecule has 0 radical (unpaired) electrons. The molecule has 0 spiro atoms. The van der Waals surface area contributed by atoms with Crippen LogP contribution in [0.4, 0.5) is 5.69 Å². The third kappa shape index (κ3) is 2.51. The fourth-order valence-corrected chi connectivity index (χ4v) is 6.27. The van der Waals surface area contributed by atoms with Crippen LogP contribution in [0.3, 0.4) is 0 Å². The monoisotopic (exact) mass is 350 g/mol. The Morgan fingerprint density at radius 3 is 2.62 bits per heavy atom. The van der Waals surface area contributed by atoms with Crippen LogP contribution in [0, 0.1) is 16.7 Å². The summed E-state index contributed by atoms with van der Waals surface area (Å²) < 4.78 is 27.8. The molecule has 2 atom stereocenters. The lowest BCUT2D eigenvalue weighted by Gasteiger charge is -2.36. The molecule has 2 aliphatic rings. The van der Waals surface area contributed by atoms with Crippen LogP contribution in [-0.4, -0.2) is 25.9 Å². The van der Waals surface area contributed by atoms with Gasteiger partial charge in [-0.1, -0.05) is 19.9 Å². The number of Topliss-reactive ketones (excluding diaryl/α,β-unsaturated/α-hetero) is 1. The van der Waals surface area contributed by atoms with Gasteiger partial charge in [-0.15, -0.1) is 0 Å². The van der Waals surface area contributed by atoms with E-state index in [0.29, 0.717) is 12.8 Å². The number of hydrogen-bond donors (Lipinski definition) is 2. The summed E-state index contributed by atoms with van der Waals surface area (Å²) in [5.41, 5.74) is 4.60. The Labute approximate surface area is 141 Å². The number of carbonyl (C=O) groups excluding carboxylic acids is 2. The number of carbonyl (C=O) groups is 2. The Kier molecular flexibility index (Phi) is 3.75. The number of rotatable bonds is 5. The summed E-state index contributed by atoms with van der Waals surface area (Å²) in [6, 6.07) is 6.04. The second-order valence-corrected chi connectivity index (χ2v) is 9.20. The Hall–Kier alpha value is -1.89. The molecule has 7 heteroatoms. The van der Waals surface area contributed by atoms with Crippen molar-refractivity contribution in [1.29, 1.82) is 0 Å². The van der Waals surface area contributed by atoms with E-state index in [4.69, 9.17) is 5.73 Å². The summed E-state index contributed by atoms with van der Waals surface area (Å²) in [5.74, 6) is -0.526. The van der Waals surface area contributed by atoms with E-state index in [2.05, 4.69) is 4.72 Å². The number of hydrogen-bond acceptors (Lipinski definition) is 4. The van der Waals surface area contributed by atoms with Crippen LogP contribution in [0.5, 0.6) is 0 Å². The van der Waals surface area contributed by atoms with Gasteiger partial charge in [0.2, 0.25) is 15.9 Å². The van der Waals surface area contributed by atoms with E-state index in [9.17, 15) is 18.0 Å². The summed E-state index contributed by atoms with van der Waals surface area (Å²) in [4.78, 5) is 23.7. The van der Waals surface area contributed by atoms with Gasteiger partial charge in [0.15, 0.2) is 0 Å². The van der Waals surface area contributed by atoms with Crippen molar-refractivity contribution in [3.63, 3.8) is 0 Å². The van der Waals surface area contributed by atoms with Gasteiger partial charge in [0.05, 0.1) is 11.2 Å². The topological polar surface area (TPSA) is 106 Å². The van der Waals surface area contributed by atoms with Crippen LogP contribution in [-0.2, 0) is 14.8 Å². The van der Waals surface area contributed by atoms with E-state index in [1.807, 2.05) is 13.8 Å². The van der Waals surface area contributed by atoms with Crippen LogP contribution < -0.4 is 10.5 Å². The van der Waals surface area contributed by atoms with Crippen molar-refractivity contribution in [1.82, 2.24) is 0 Å². The minimum Gasteiger partial charge on any atom is -0.366 e. The van der Waals surface area contributed by atoms with Crippen molar-refractivity contribution in [2.45, 2.75) is 33.1 Å². The molecule has 2 saturated carbocycles. The summed E-state index contributed by atoms with van der Waals surface area (Å²) in [6.45, 7) is 4.00. The molecule has 1 aromatic rings. The number of sulfonamides is 1. The molecule has 6 nitrogen and oxygen atoms in total. The molecule has 0 heterocycles. The molecule has 0 saturated heterocycles. The SMILES string of the molecule is CC1(C)C2CCC1(CS(=O)(=O)Nc1cccc(C(N)=O)c1)C(=O)C2. The highest BCUT2D eigenvalue weighted by Crippen LogP contribution is 2.64. The highest BCUT2D eigenvalue weighted by molar-refractivity contribution is 7.92. The Bertz CT molecular complexity index is 816. The van der Waals surface area contributed by atoms with E-state index in [1.165, 1.54) is 12.1 Å². The van der Waals surface area contributed by atoms with Gasteiger partial charge >= 0.3 is 0 Å². The molecular weight excluding hydrogens is 328 g/mol. The summed E-state index contributed by atoms with van der Waals surface area (Å²) >= 11 is 0. The first kappa shape index (κ1) is 17.0. The lowest BCUT2D eigenvalue weighted by Crippen LogP contribution is -2.43. The molecule has 2 aliphatic carbocycles. The zero-order valence-corrected chi connectivity index (χ0v) is 14.7. The lowest BCUT2D eigenvalue weighted by molar-refractivity contribution is -0.128. The molecule has 2 fully saturated rings. The van der Waals surface area contributed by atoms with Crippen LogP contribution >= 0.6 is 0 Å². The third-order valence-corrected chi connectivity index (χ3v) is 7.42. The molecule has 3 rings (SSSR count). The average Bonchev–Trinajstić information content (AvgIpc) is 2.80. The van der Waals surface area contributed by atoms with Crippen LogP contribution in [0.15, 0.2) is 24.3 Å². The van der Waals surface area contributed by atoms with E-state index in [1.54, 1.807) is 12.1 Å². The van der Waals surface area contributed by atoms with Crippen LogP contribution in [0.1, 0.15) is 43.5 Å². The minimum atomic E-state index is -3.73. The van der Waals surface area contributed by atoms with E-state index >= 15 is 0 Å². The van der Waals surface area contributed by atoms with E-state index < -0.39 is 21.3 Å². The quantitative estimate of drug-likeness (QED) is 0.846. The van der Waals surface area contributed by atoms with Gasteiger partial charge in [0, 0.05) is 17.7 Å². The summed E-state index contributed by atoms with van der Waals surface area (Å²) in [5, 5.41) is 0. The molecule has 2 unspecified atom stereocenters. The first-order valence-electron chi connectivity index (χ1n) is 8.01. The summed E-state index contributed by atoms with van der Waals surface area (Å²) in [6.07, 6.45) is 1.98. The van der Waals surface area contributed by atoms with Crippen molar-refractivity contribution in [2.75, 3.05) is 10.5 Å². The molecule has 130 valence electrons. The predicted molar refractivity (Wildman–Crippen MR) is 90.9 cm³/mol.